The van der Waals surface area contributed by atoms with Gasteiger partial charge in [-0.15, -0.1) is 0 Å². The first kappa shape index (κ1) is 18.5. The number of nitrogens with one attached hydrogen (secondary N) is 1. The summed E-state index contributed by atoms with van der Waals surface area (Å²) in [6.07, 6.45) is -4.02. The Morgan fingerprint density at radius 1 is 1.35 bits per heavy atom. The van der Waals surface area contributed by atoms with Crippen LogP contribution in [0.5, 0.6) is 0 Å². The summed E-state index contributed by atoms with van der Waals surface area (Å²) in [6.45, 7) is 1.42. The normalized spacial score (nSPS) is 19.5. The van der Waals surface area contributed by atoms with Crippen molar-refractivity contribution in [1.29, 1.82) is 0 Å². The van der Waals surface area contributed by atoms with Crippen molar-refractivity contribution in [3.05, 3.63) is 34.9 Å². The van der Waals surface area contributed by atoms with E-state index in [1.807, 2.05) is 0 Å². The molecule has 1 amide bonds. The SMILES string of the molecule is COC(=O)c1ccc(CN2CC3(CCNCC3)OC2=O)c(C(F)(F)F)c1. The third-order valence-corrected chi connectivity index (χ3v) is 4.75. The molecule has 0 aromatic heterocycles. The zero-order chi connectivity index (χ0) is 18.9. The van der Waals surface area contributed by atoms with Gasteiger partial charge in [-0.1, -0.05) is 6.07 Å². The van der Waals surface area contributed by atoms with Gasteiger partial charge in [0, 0.05) is 19.4 Å². The van der Waals surface area contributed by atoms with Crippen LogP contribution >= 0.6 is 0 Å². The van der Waals surface area contributed by atoms with Crippen LogP contribution in [0.25, 0.3) is 0 Å². The van der Waals surface area contributed by atoms with Crippen LogP contribution < -0.4 is 5.32 Å². The Kier molecular flexibility index (Phi) is 4.83. The summed E-state index contributed by atoms with van der Waals surface area (Å²) < 4.78 is 50.2. The first-order valence-corrected chi connectivity index (χ1v) is 8.21. The van der Waals surface area contributed by atoms with E-state index in [-0.39, 0.29) is 24.2 Å². The molecule has 6 nitrogen and oxygen atoms in total. The van der Waals surface area contributed by atoms with Gasteiger partial charge >= 0.3 is 18.2 Å². The van der Waals surface area contributed by atoms with Gasteiger partial charge in [0.25, 0.3) is 0 Å². The lowest BCUT2D eigenvalue weighted by Crippen LogP contribution is -2.44. The van der Waals surface area contributed by atoms with Gasteiger partial charge in [0.15, 0.2) is 0 Å². The first-order chi connectivity index (χ1) is 12.2. The zero-order valence-electron chi connectivity index (χ0n) is 14.2. The molecule has 2 fully saturated rings. The smallest absolute Gasteiger partial charge is 0.416 e. The lowest BCUT2D eigenvalue weighted by molar-refractivity contribution is -0.138. The van der Waals surface area contributed by atoms with E-state index in [4.69, 9.17) is 4.74 Å². The van der Waals surface area contributed by atoms with E-state index in [1.165, 1.54) is 17.0 Å². The van der Waals surface area contributed by atoms with Gasteiger partial charge in [0.2, 0.25) is 0 Å². The lowest BCUT2D eigenvalue weighted by Gasteiger charge is -2.31. The van der Waals surface area contributed by atoms with E-state index in [9.17, 15) is 22.8 Å². The number of esters is 1. The highest BCUT2D eigenvalue weighted by molar-refractivity contribution is 5.89. The topological polar surface area (TPSA) is 67.9 Å². The number of piperidine rings is 1. The molecule has 2 heterocycles. The summed E-state index contributed by atoms with van der Waals surface area (Å²) in [6, 6.07) is 3.22. The van der Waals surface area contributed by atoms with Gasteiger partial charge in [0.05, 0.1) is 24.8 Å². The van der Waals surface area contributed by atoms with Crippen molar-refractivity contribution >= 4 is 12.1 Å². The van der Waals surface area contributed by atoms with E-state index < -0.39 is 29.4 Å². The molecule has 1 aromatic rings. The highest BCUT2D eigenvalue weighted by atomic mass is 19.4. The molecular weight excluding hydrogens is 353 g/mol. The van der Waals surface area contributed by atoms with E-state index >= 15 is 0 Å². The molecule has 1 aromatic carbocycles. The number of methoxy groups -OCH3 is 1. The molecule has 26 heavy (non-hydrogen) atoms. The minimum atomic E-state index is -4.66. The number of hydrogen-bond donors (Lipinski definition) is 1. The van der Waals surface area contributed by atoms with Crippen LogP contribution in [0.2, 0.25) is 0 Å². The average molecular weight is 372 g/mol. The van der Waals surface area contributed by atoms with Crippen LogP contribution in [0.4, 0.5) is 18.0 Å². The molecule has 0 unspecified atom stereocenters. The standard InChI is InChI=1S/C17H19F3N2O4/c1-25-14(23)11-2-3-12(13(8-11)17(18,19)20)9-22-10-16(26-15(22)24)4-6-21-7-5-16/h2-3,8,21H,4-7,9-10H2,1H3. The Hall–Kier alpha value is -2.29. The van der Waals surface area contributed by atoms with E-state index in [0.717, 1.165) is 13.2 Å². The van der Waals surface area contributed by atoms with E-state index in [0.29, 0.717) is 25.9 Å². The van der Waals surface area contributed by atoms with Gasteiger partial charge in [-0.2, -0.15) is 13.2 Å². The maximum Gasteiger partial charge on any atom is 0.416 e. The Morgan fingerprint density at radius 3 is 2.65 bits per heavy atom. The lowest BCUT2D eigenvalue weighted by atomic mass is 9.92. The van der Waals surface area contributed by atoms with Crippen LogP contribution in [0.3, 0.4) is 0 Å². The Labute approximate surface area is 148 Å². The summed E-state index contributed by atoms with van der Waals surface area (Å²) in [7, 11) is 1.10. The highest BCUT2D eigenvalue weighted by Crippen LogP contribution is 2.36. The van der Waals surface area contributed by atoms with Crippen LogP contribution in [-0.4, -0.2) is 49.3 Å². The quantitative estimate of drug-likeness (QED) is 0.826. The molecule has 142 valence electrons. The molecule has 2 saturated heterocycles. The summed E-state index contributed by atoms with van der Waals surface area (Å²) in [5.41, 5.74) is -1.87. The number of amides is 1. The molecule has 0 saturated carbocycles. The maximum absolute atomic E-state index is 13.4. The Morgan fingerprint density at radius 2 is 2.04 bits per heavy atom. The molecule has 2 aliphatic heterocycles. The molecule has 3 rings (SSSR count). The number of ether oxygens (including phenoxy) is 2. The number of hydrogen-bond acceptors (Lipinski definition) is 5. The maximum atomic E-state index is 13.4. The predicted molar refractivity (Wildman–Crippen MR) is 84.5 cm³/mol. The van der Waals surface area contributed by atoms with E-state index in [2.05, 4.69) is 10.1 Å². The highest BCUT2D eigenvalue weighted by Gasteiger charge is 2.46. The number of carbonyl (C=O) groups is 2. The monoisotopic (exact) mass is 372 g/mol. The zero-order valence-corrected chi connectivity index (χ0v) is 14.2. The van der Waals surface area contributed by atoms with Crippen molar-refractivity contribution in [3.63, 3.8) is 0 Å². The van der Waals surface area contributed by atoms with Gasteiger partial charge in [-0.05, 0) is 30.8 Å². The number of benzene rings is 1. The second-order valence-corrected chi connectivity index (χ2v) is 6.52. The summed E-state index contributed by atoms with van der Waals surface area (Å²) in [5.74, 6) is -0.851. The van der Waals surface area contributed by atoms with Crippen molar-refractivity contribution in [2.75, 3.05) is 26.7 Å². The fraction of sp³-hybridized carbons (Fsp3) is 0.529. The molecule has 9 heteroatoms. The van der Waals surface area contributed by atoms with Crippen LogP contribution in [-0.2, 0) is 22.2 Å². The minimum absolute atomic E-state index is 0.0897. The number of nitrogens with zero attached hydrogens (tertiary/aromatic N) is 1. The molecule has 0 bridgehead atoms. The van der Waals surface area contributed by atoms with Crippen LogP contribution in [0.15, 0.2) is 18.2 Å². The van der Waals surface area contributed by atoms with Gasteiger partial charge < -0.3 is 14.8 Å². The average Bonchev–Trinajstić information content (AvgIpc) is 2.89. The number of alkyl halides is 3. The van der Waals surface area contributed by atoms with Crippen molar-refractivity contribution in [2.24, 2.45) is 0 Å². The minimum Gasteiger partial charge on any atom is -0.465 e. The molecule has 1 N–H and O–H groups in total. The van der Waals surface area contributed by atoms with Gasteiger partial charge in [-0.25, -0.2) is 9.59 Å². The van der Waals surface area contributed by atoms with Crippen molar-refractivity contribution in [1.82, 2.24) is 10.2 Å². The molecule has 2 aliphatic rings. The first-order valence-electron chi connectivity index (χ1n) is 8.21. The van der Waals surface area contributed by atoms with Crippen LogP contribution in [0, 0.1) is 0 Å². The predicted octanol–water partition coefficient (Wildman–Crippen LogP) is 2.57. The van der Waals surface area contributed by atoms with Crippen molar-refractivity contribution in [2.45, 2.75) is 31.2 Å². The van der Waals surface area contributed by atoms with Gasteiger partial charge in [-0.3, -0.25) is 4.90 Å². The van der Waals surface area contributed by atoms with E-state index in [1.54, 1.807) is 0 Å². The largest absolute Gasteiger partial charge is 0.465 e. The third-order valence-electron chi connectivity index (χ3n) is 4.75. The third kappa shape index (κ3) is 3.62. The van der Waals surface area contributed by atoms with Crippen LogP contribution in [0.1, 0.15) is 34.3 Å². The molecule has 1 spiro atoms. The number of halogens is 3. The summed E-state index contributed by atoms with van der Waals surface area (Å²) in [4.78, 5) is 25.0. The molecule has 0 radical (unpaired) electrons. The fourth-order valence-corrected chi connectivity index (χ4v) is 3.39. The Balaban J connectivity index is 1.85. The molecular formula is C17H19F3N2O4. The summed E-state index contributed by atoms with van der Waals surface area (Å²) >= 11 is 0. The van der Waals surface area contributed by atoms with Crippen molar-refractivity contribution < 1.29 is 32.2 Å². The summed E-state index contributed by atoms with van der Waals surface area (Å²) in [5, 5.41) is 3.16. The fourth-order valence-electron chi connectivity index (χ4n) is 3.39. The van der Waals surface area contributed by atoms with Gasteiger partial charge in [0.1, 0.15) is 5.60 Å². The molecule has 0 atom stereocenters. The van der Waals surface area contributed by atoms with Crippen molar-refractivity contribution in [3.8, 4) is 0 Å². The second kappa shape index (κ2) is 6.79. The molecule has 0 aliphatic carbocycles. The number of rotatable bonds is 3. The number of carbonyl (C=O) groups excluding carboxylic acids is 2. The Bertz CT molecular complexity index is 714. The second-order valence-electron chi connectivity index (χ2n) is 6.52.